The SMILES string of the molecule is COC(C)(C)CCn1ccc2ccc(C)cc21. The molecule has 1 aromatic carbocycles. The van der Waals surface area contributed by atoms with Gasteiger partial charge in [0, 0.05) is 25.4 Å². The molecule has 0 atom stereocenters. The fourth-order valence-corrected chi connectivity index (χ4v) is 1.98. The molecule has 0 aliphatic rings. The van der Waals surface area contributed by atoms with Gasteiger partial charge in [-0.1, -0.05) is 12.1 Å². The summed E-state index contributed by atoms with van der Waals surface area (Å²) in [6.45, 7) is 7.39. The number of aryl methyl sites for hydroxylation is 2. The molecule has 0 unspecified atom stereocenters. The summed E-state index contributed by atoms with van der Waals surface area (Å²) >= 11 is 0. The Bertz CT molecular complexity index is 511. The lowest BCUT2D eigenvalue weighted by Gasteiger charge is -2.23. The van der Waals surface area contributed by atoms with Gasteiger partial charge in [-0.3, -0.25) is 0 Å². The maximum Gasteiger partial charge on any atom is 0.0639 e. The van der Waals surface area contributed by atoms with Crippen LogP contribution >= 0.6 is 0 Å². The summed E-state index contributed by atoms with van der Waals surface area (Å²) in [5.41, 5.74) is 2.57. The normalized spacial score (nSPS) is 12.2. The molecule has 0 bridgehead atoms. The van der Waals surface area contributed by atoms with E-state index in [1.807, 2.05) is 0 Å². The van der Waals surface area contributed by atoms with Crippen molar-refractivity contribution in [3.63, 3.8) is 0 Å². The smallest absolute Gasteiger partial charge is 0.0639 e. The average Bonchev–Trinajstić information content (AvgIpc) is 2.69. The molecule has 0 saturated carbocycles. The first kappa shape index (κ1) is 12.2. The lowest BCUT2D eigenvalue weighted by molar-refractivity contribution is 0.0123. The molecule has 92 valence electrons. The molecule has 17 heavy (non-hydrogen) atoms. The van der Waals surface area contributed by atoms with Crippen LogP contribution in [0.25, 0.3) is 10.9 Å². The van der Waals surface area contributed by atoms with E-state index in [9.17, 15) is 0 Å². The van der Waals surface area contributed by atoms with E-state index in [4.69, 9.17) is 4.74 Å². The van der Waals surface area contributed by atoms with E-state index in [1.165, 1.54) is 16.5 Å². The first-order valence-electron chi connectivity index (χ1n) is 6.12. The second kappa shape index (κ2) is 4.53. The summed E-state index contributed by atoms with van der Waals surface area (Å²) in [5.74, 6) is 0. The first-order chi connectivity index (χ1) is 8.02. The maximum absolute atomic E-state index is 5.46. The fraction of sp³-hybridized carbons (Fsp3) is 0.467. The fourth-order valence-electron chi connectivity index (χ4n) is 1.98. The number of rotatable bonds is 4. The number of fused-ring (bicyclic) bond motifs is 1. The molecular formula is C15H21NO. The Morgan fingerprint density at radius 2 is 2.00 bits per heavy atom. The highest BCUT2D eigenvalue weighted by atomic mass is 16.5. The van der Waals surface area contributed by atoms with Crippen molar-refractivity contribution in [2.75, 3.05) is 7.11 Å². The predicted molar refractivity (Wildman–Crippen MR) is 72.4 cm³/mol. The van der Waals surface area contributed by atoms with Crippen LogP contribution in [0.15, 0.2) is 30.5 Å². The second-order valence-electron chi connectivity index (χ2n) is 5.29. The summed E-state index contributed by atoms with van der Waals surface area (Å²) in [7, 11) is 1.78. The third-order valence-corrected chi connectivity index (χ3v) is 3.44. The van der Waals surface area contributed by atoms with E-state index in [0.29, 0.717) is 0 Å². The Labute approximate surface area is 103 Å². The largest absolute Gasteiger partial charge is 0.379 e. The lowest BCUT2D eigenvalue weighted by Crippen LogP contribution is -2.24. The van der Waals surface area contributed by atoms with Crippen molar-refractivity contribution in [1.82, 2.24) is 4.57 Å². The van der Waals surface area contributed by atoms with Crippen LogP contribution in [0, 0.1) is 6.92 Å². The Kier molecular flexibility index (Phi) is 3.25. The second-order valence-corrected chi connectivity index (χ2v) is 5.29. The molecular weight excluding hydrogens is 210 g/mol. The Hall–Kier alpha value is -1.28. The van der Waals surface area contributed by atoms with Gasteiger partial charge in [0.05, 0.1) is 5.60 Å². The highest BCUT2D eigenvalue weighted by Gasteiger charge is 2.16. The number of hydrogen-bond acceptors (Lipinski definition) is 1. The highest BCUT2D eigenvalue weighted by Crippen LogP contribution is 2.20. The number of ether oxygens (including phenoxy) is 1. The van der Waals surface area contributed by atoms with E-state index in [1.54, 1.807) is 7.11 Å². The molecule has 1 heterocycles. The van der Waals surface area contributed by atoms with Gasteiger partial charge in [0.25, 0.3) is 0 Å². The summed E-state index contributed by atoms with van der Waals surface area (Å²) < 4.78 is 7.77. The number of hydrogen-bond donors (Lipinski definition) is 0. The van der Waals surface area contributed by atoms with Crippen molar-refractivity contribution in [1.29, 1.82) is 0 Å². The highest BCUT2D eigenvalue weighted by molar-refractivity contribution is 5.80. The first-order valence-corrected chi connectivity index (χ1v) is 6.12. The van der Waals surface area contributed by atoms with Crippen molar-refractivity contribution in [2.24, 2.45) is 0 Å². The van der Waals surface area contributed by atoms with Gasteiger partial charge in [-0.05, 0) is 50.3 Å². The van der Waals surface area contributed by atoms with Crippen LogP contribution in [0.1, 0.15) is 25.8 Å². The molecule has 2 nitrogen and oxygen atoms in total. The maximum atomic E-state index is 5.46. The molecule has 0 spiro atoms. The molecule has 0 aliphatic heterocycles. The minimum absolute atomic E-state index is 0.0551. The molecule has 2 heteroatoms. The minimum Gasteiger partial charge on any atom is -0.379 e. The average molecular weight is 231 g/mol. The molecule has 0 amide bonds. The van der Waals surface area contributed by atoms with Gasteiger partial charge in [0.1, 0.15) is 0 Å². The predicted octanol–water partition coefficient (Wildman–Crippen LogP) is 3.76. The van der Waals surface area contributed by atoms with Gasteiger partial charge in [-0.15, -0.1) is 0 Å². The zero-order chi connectivity index (χ0) is 12.5. The molecule has 0 N–H and O–H groups in total. The Morgan fingerprint density at radius 1 is 1.24 bits per heavy atom. The molecule has 1 aromatic heterocycles. The molecule has 0 saturated heterocycles. The van der Waals surface area contributed by atoms with Crippen molar-refractivity contribution >= 4 is 10.9 Å². The molecule has 0 radical (unpaired) electrons. The van der Waals surface area contributed by atoms with Crippen LogP contribution < -0.4 is 0 Å². The van der Waals surface area contributed by atoms with Crippen LogP contribution in [-0.4, -0.2) is 17.3 Å². The summed E-state index contributed by atoms with van der Waals surface area (Å²) in [5, 5.41) is 1.31. The van der Waals surface area contributed by atoms with Gasteiger partial charge in [0.2, 0.25) is 0 Å². The zero-order valence-corrected chi connectivity index (χ0v) is 11.2. The Morgan fingerprint density at radius 3 is 2.71 bits per heavy atom. The van der Waals surface area contributed by atoms with Gasteiger partial charge in [-0.2, -0.15) is 0 Å². The van der Waals surface area contributed by atoms with Gasteiger partial charge < -0.3 is 9.30 Å². The van der Waals surface area contributed by atoms with Crippen LogP contribution in [0.5, 0.6) is 0 Å². The van der Waals surface area contributed by atoms with Crippen molar-refractivity contribution in [3.8, 4) is 0 Å². The van der Waals surface area contributed by atoms with E-state index < -0.39 is 0 Å². The van der Waals surface area contributed by atoms with Crippen molar-refractivity contribution in [3.05, 3.63) is 36.0 Å². The molecule has 0 fully saturated rings. The van der Waals surface area contributed by atoms with Crippen molar-refractivity contribution in [2.45, 2.75) is 39.3 Å². The van der Waals surface area contributed by atoms with E-state index in [0.717, 1.165) is 13.0 Å². The summed E-state index contributed by atoms with van der Waals surface area (Å²) in [6.07, 6.45) is 3.18. The van der Waals surface area contributed by atoms with Gasteiger partial charge in [0.15, 0.2) is 0 Å². The standard InChI is InChI=1S/C15H21NO/c1-12-5-6-13-7-9-16(14(13)11-12)10-8-15(2,3)17-4/h5-7,9,11H,8,10H2,1-4H3. The number of benzene rings is 1. The van der Waals surface area contributed by atoms with Crippen LogP contribution in [0.2, 0.25) is 0 Å². The van der Waals surface area contributed by atoms with Crippen molar-refractivity contribution < 1.29 is 4.74 Å². The Balaban J connectivity index is 2.22. The van der Waals surface area contributed by atoms with Gasteiger partial charge >= 0.3 is 0 Å². The molecule has 2 rings (SSSR count). The lowest BCUT2D eigenvalue weighted by atomic mass is 10.1. The number of nitrogens with zero attached hydrogens (tertiary/aromatic N) is 1. The van der Waals surface area contributed by atoms with E-state index in [2.05, 4.69) is 55.8 Å². The van der Waals surface area contributed by atoms with Crippen LogP contribution in [0.3, 0.4) is 0 Å². The third kappa shape index (κ3) is 2.70. The topological polar surface area (TPSA) is 14.2 Å². The molecule has 0 aliphatic carbocycles. The summed E-state index contributed by atoms with van der Waals surface area (Å²) in [6, 6.07) is 8.76. The molecule has 2 aromatic rings. The number of methoxy groups -OCH3 is 1. The number of aromatic nitrogens is 1. The zero-order valence-electron chi connectivity index (χ0n) is 11.2. The van der Waals surface area contributed by atoms with E-state index in [-0.39, 0.29) is 5.60 Å². The van der Waals surface area contributed by atoms with E-state index >= 15 is 0 Å². The van der Waals surface area contributed by atoms with Crippen LogP contribution in [-0.2, 0) is 11.3 Å². The quantitative estimate of drug-likeness (QED) is 0.781. The van der Waals surface area contributed by atoms with Gasteiger partial charge in [-0.25, -0.2) is 0 Å². The minimum atomic E-state index is -0.0551. The van der Waals surface area contributed by atoms with Crippen LogP contribution in [0.4, 0.5) is 0 Å². The third-order valence-electron chi connectivity index (χ3n) is 3.44. The summed E-state index contributed by atoms with van der Waals surface area (Å²) in [4.78, 5) is 0. The monoisotopic (exact) mass is 231 g/mol.